The first-order valence-corrected chi connectivity index (χ1v) is 12.8. The van der Waals surface area contributed by atoms with Gasteiger partial charge in [0.05, 0.1) is 44.6 Å². The number of pyridine rings is 1. The van der Waals surface area contributed by atoms with E-state index >= 15 is 0 Å². The number of ether oxygens (including phenoxy) is 2. The number of morpholine rings is 2. The number of benzene rings is 1. The number of aromatic nitrogens is 1. The SMILES string of the molecule is COS(=O)(=O)[O-].C[n+]1cc(S(=O)(=O)N2CCOCC2)c(N2CCOCC2)c2ccccc21. The van der Waals surface area contributed by atoms with Gasteiger partial charge in [-0.05, 0) is 6.07 Å². The fourth-order valence-electron chi connectivity index (χ4n) is 3.65. The Balaban J connectivity index is 0.000000427. The molecule has 32 heavy (non-hydrogen) atoms. The van der Waals surface area contributed by atoms with Crippen LogP contribution in [0.2, 0.25) is 0 Å². The van der Waals surface area contributed by atoms with Crippen LogP contribution in [0.15, 0.2) is 35.4 Å². The second-order valence-electron chi connectivity index (χ2n) is 7.16. The van der Waals surface area contributed by atoms with Gasteiger partial charge in [-0.2, -0.15) is 8.87 Å². The zero-order valence-corrected chi connectivity index (χ0v) is 19.6. The van der Waals surface area contributed by atoms with Gasteiger partial charge in [0.15, 0.2) is 11.1 Å². The Kier molecular flexibility index (Phi) is 8.03. The molecule has 13 heteroatoms. The molecule has 1 aromatic carbocycles. The number of aryl methyl sites for hydroxylation is 1. The summed E-state index contributed by atoms with van der Waals surface area (Å²) in [6.45, 7) is 4.23. The highest BCUT2D eigenvalue weighted by Crippen LogP contribution is 2.34. The Morgan fingerprint density at radius 2 is 1.50 bits per heavy atom. The highest BCUT2D eigenvalue weighted by molar-refractivity contribution is 7.89. The molecule has 2 aliphatic rings. The van der Waals surface area contributed by atoms with Crippen LogP contribution in [0.3, 0.4) is 0 Å². The topological polar surface area (TPSA) is 129 Å². The molecular weight excluding hydrogens is 462 g/mol. The van der Waals surface area contributed by atoms with Gasteiger partial charge in [-0.15, -0.1) is 0 Å². The number of hydrogen-bond acceptors (Lipinski definition) is 9. The van der Waals surface area contributed by atoms with Crippen molar-refractivity contribution in [1.82, 2.24) is 4.31 Å². The van der Waals surface area contributed by atoms with Gasteiger partial charge in [0.2, 0.25) is 15.9 Å². The maximum atomic E-state index is 13.4. The number of fused-ring (bicyclic) bond motifs is 1. The van der Waals surface area contributed by atoms with E-state index < -0.39 is 20.4 Å². The molecule has 3 heterocycles. The molecule has 0 saturated carbocycles. The lowest BCUT2D eigenvalue weighted by atomic mass is 10.1. The van der Waals surface area contributed by atoms with Gasteiger partial charge < -0.3 is 18.9 Å². The number of nitrogens with zero attached hydrogens (tertiary/aromatic N) is 3. The van der Waals surface area contributed by atoms with Crippen molar-refractivity contribution in [1.29, 1.82) is 0 Å². The van der Waals surface area contributed by atoms with Crippen molar-refractivity contribution in [2.75, 3.05) is 64.6 Å². The molecule has 2 fully saturated rings. The average Bonchev–Trinajstić information content (AvgIpc) is 2.80. The van der Waals surface area contributed by atoms with Crippen LogP contribution in [0.25, 0.3) is 10.9 Å². The van der Waals surface area contributed by atoms with Gasteiger partial charge in [0, 0.05) is 32.2 Å². The minimum atomic E-state index is -4.41. The summed E-state index contributed by atoms with van der Waals surface area (Å²) in [7, 11) is -5.32. The van der Waals surface area contributed by atoms with Crippen LogP contribution in [0.5, 0.6) is 0 Å². The Hall–Kier alpha value is -1.87. The van der Waals surface area contributed by atoms with Crippen molar-refractivity contribution < 1.29 is 39.6 Å². The van der Waals surface area contributed by atoms with E-state index in [0.29, 0.717) is 57.5 Å². The first-order chi connectivity index (χ1) is 15.1. The minimum Gasteiger partial charge on any atom is -0.726 e. The normalized spacial score (nSPS) is 18.3. The molecule has 0 spiro atoms. The van der Waals surface area contributed by atoms with Crippen molar-refractivity contribution in [2.45, 2.75) is 4.90 Å². The van der Waals surface area contributed by atoms with E-state index in [1.165, 1.54) is 4.31 Å². The molecule has 0 N–H and O–H groups in total. The van der Waals surface area contributed by atoms with E-state index in [-0.39, 0.29) is 0 Å². The van der Waals surface area contributed by atoms with Crippen LogP contribution in [0.1, 0.15) is 0 Å². The molecule has 0 bridgehead atoms. The van der Waals surface area contributed by atoms with Gasteiger partial charge in [0.25, 0.3) is 10.0 Å². The van der Waals surface area contributed by atoms with Crippen LogP contribution in [0.4, 0.5) is 5.69 Å². The highest BCUT2D eigenvalue weighted by Gasteiger charge is 2.34. The third kappa shape index (κ3) is 5.73. The summed E-state index contributed by atoms with van der Waals surface area (Å²) in [5.41, 5.74) is 1.79. The van der Waals surface area contributed by atoms with Crippen LogP contribution < -0.4 is 9.47 Å². The van der Waals surface area contributed by atoms with Gasteiger partial charge >= 0.3 is 0 Å². The molecule has 0 aliphatic carbocycles. The predicted octanol–water partition coefficient (Wildman–Crippen LogP) is -0.385. The van der Waals surface area contributed by atoms with Gasteiger partial charge in [-0.1, -0.05) is 12.1 Å². The van der Waals surface area contributed by atoms with Crippen LogP contribution >= 0.6 is 0 Å². The third-order valence-corrected chi connectivity index (χ3v) is 7.51. The zero-order chi connectivity index (χ0) is 23.4. The summed E-state index contributed by atoms with van der Waals surface area (Å²) in [5, 5.41) is 0.950. The summed E-state index contributed by atoms with van der Waals surface area (Å²) < 4.78 is 72.1. The number of rotatable bonds is 4. The standard InChI is InChI=1S/C18H24N3O4S.CH4O4S/c1-19-14-17(26(22,23)21-8-12-25-13-9-21)18(20-6-10-24-11-7-20)15-4-2-3-5-16(15)19;1-5-6(2,3)4/h2-5,14H,6-13H2,1H3;1H3,(H,2,3,4)/q+1;/p-1. The van der Waals surface area contributed by atoms with E-state index in [4.69, 9.17) is 9.47 Å². The fraction of sp³-hybridized carbons (Fsp3) is 0.526. The van der Waals surface area contributed by atoms with E-state index in [0.717, 1.165) is 23.7 Å². The lowest BCUT2D eigenvalue weighted by Gasteiger charge is -2.32. The molecule has 0 radical (unpaired) electrons. The maximum Gasteiger partial charge on any atom is 0.251 e. The van der Waals surface area contributed by atoms with Crippen molar-refractivity contribution >= 4 is 37.0 Å². The minimum absolute atomic E-state index is 0.363. The molecule has 4 rings (SSSR count). The predicted molar refractivity (Wildman–Crippen MR) is 114 cm³/mol. The third-order valence-electron chi connectivity index (χ3n) is 5.20. The Bertz CT molecular complexity index is 1140. The molecule has 0 amide bonds. The molecular formula is C19H27N3O8S2. The Labute approximate surface area is 188 Å². The second kappa shape index (κ2) is 10.4. The Morgan fingerprint density at radius 1 is 0.969 bits per heavy atom. The van der Waals surface area contributed by atoms with E-state index in [1.54, 1.807) is 6.20 Å². The highest BCUT2D eigenvalue weighted by atomic mass is 32.3. The van der Waals surface area contributed by atoms with Crippen LogP contribution in [0, 0.1) is 0 Å². The van der Waals surface area contributed by atoms with Crippen molar-refractivity contribution in [3.8, 4) is 0 Å². The lowest BCUT2D eigenvalue weighted by molar-refractivity contribution is -0.646. The van der Waals surface area contributed by atoms with Crippen molar-refractivity contribution in [2.24, 2.45) is 7.05 Å². The molecule has 2 saturated heterocycles. The average molecular weight is 490 g/mol. The number of anilines is 1. The van der Waals surface area contributed by atoms with Crippen LogP contribution in [-0.4, -0.2) is 85.4 Å². The molecule has 1 aromatic heterocycles. The molecule has 2 aliphatic heterocycles. The van der Waals surface area contributed by atoms with E-state index in [2.05, 4.69) is 9.08 Å². The molecule has 11 nitrogen and oxygen atoms in total. The second-order valence-corrected chi connectivity index (χ2v) is 10.2. The first kappa shape index (κ1) is 24.8. The molecule has 0 unspecified atom stereocenters. The van der Waals surface area contributed by atoms with E-state index in [9.17, 15) is 21.4 Å². The zero-order valence-electron chi connectivity index (χ0n) is 18.0. The summed E-state index contributed by atoms with van der Waals surface area (Å²) in [6.07, 6.45) is 1.75. The summed E-state index contributed by atoms with van der Waals surface area (Å²) in [5.74, 6) is 0. The molecule has 2 aromatic rings. The quantitative estimate of drug-likeness (QED) is 0.320. The van der Waals surface area contributed by atoms with Crippen molar-refractivity contribution in [3.63, 3.8) is 0 Å². The summed E-state index contributed by atoms with van der Waals surface area (Å²) in [6, 6.07) is 7.95. The molecule has 178 valence electrons. The molecule has 0 atom stereocenters. The van der Waals surface area contributed by atoms with Gasteiger partial charge in [0.1, 0.15) is 7.05 Å². The van der Waals surface area contributed by atoms with Gasteiger partial charge in [-0.25, -0.2) is 16.8 Å². The van der Waals surface area contributed by atoms with Gasteiger partial charge in [-0.3, -0.25) is 4.18 Å². The first-order valence-electron chi connectivity index (χ1n) is 9.98. The largest absolute Gasteiger partial charge is 0.726 e. The fourth-order valence-corrected chi connectivity index (χ4v) is 5.33. The number of para-hydroxylation sites is 1. The van der Waals surface area contributed by atoms with E-state index in [1.807, 2.05) is 35.9 Å². The summed E-state index contributed by atoms with van der Waals surface area (Å²) in [4.78, 5) is 2.50. The smallest absolute Gasteiger partial charge is 0.251 e. The van der Waals surface area contributed by atoms with Crippen LogP contribution in [-0.2, 0) is 41.1 Å². The van der Waals surface area contributed by atoms with Crippen molar-refractivity contribution in [3.05, 3.63) is 30.5 Å². The number of sulfonamides is 1. The number of hydrogen-bond donors (Lipinski definition) is 0. The summed E-state index contributed by atoms with van der Waals surface area (Å²) >= 11 is 0. The maximum absolute atomic E-state index is 13.4. The Morgan fingerprint density at radius 3 is 2.06 bits per heavy atom. The monoisotopic (exact) mass is 489 g/mol. The lowest BCUT2D eigenvalue weighted by Crippen LogP contribution is -2.44.